The van der Waals surface area contributed by atoms with E-state index in [9.17, 15) is 19.2 Å². The maximum atomic E-state index is 12.1. The van der Waals surface area contributed by atoms with Crippen LogP contribution in [0.2, 0.25) is 0 Å². The lowest BCUT2D eigenvalue weighted by Crippen LogP contribution is -2.48. The fourth-order valence-corrected chi connectivity index (χ4v) is 3.28. The number of rotatable bonds is 11. The Hall–Kier alpha value is -3.79. The fourth-order valence-electron chi connectivity index (χ4n) is 3.11. The first-order chi connectivity index (χ1) is 17.2. The summed E-state index contributed by atoms with van der Waals surface area (Å²) >= 11 is 4.96. The summed E-state index contributed by atoms with van der Waals surface area (Å²) in [5.74, 6) is -1.72. The van der Waals surface area contributed by atoms with E-state index in [1.54, 1.807) is 0 Å². The van der Waals surface area contributed by atoms with E-state index in [-0.39, 0.29) is 43.3 Å². The Balaban J connectivity index is 1.54. The van der Waals surface area contributed by atoms with Crippen molar-refractivity contribution < 1.29 is 23.9 Å². The van der Waals surface area contributed by atoms with Gasteiger partial charge in [0.2, 0.25) is 17.7 Å². The summed E-state index contributed by atoms with van der Waals surface area (Å²) in [6, 6.07) is 15.6. The highest BCUT2D eigenvalue weighted by Gasteiger charge is 2.12. The van der Waals surface area contributed by atoms with Crippen molar-refractivity contribution in [1.82, 2.24) is 16.2 Å². The lowest BCUT2D eigenvalue weighted by atomic mass is 10.1. The van der Waals surface area contributed by atoms with E-state index in [1.165, 1.54) is 5.56 Å². The van der Waals surface area contributed by atoms with Crippen LogP contribution in [0.25, 0.3) is 0 Å². The van der Waals surface area contributed by atoms with Crippen LogP contribution in [0.3, 0.4) is 0 Å². The van der Waals surface area contributed by atoms with Gasteiger partial charge in [-0.05, 0) is 61.7 Å². The second-order valence-electron chi connectivity index (χ2n) is 8.23. The largest absolute Gasteiger partial charge is 0.466 e. The molecule has 192 valence electrons. The molecule has 2 rings (SSSR count). The monoisotopic (exact) mass is 512 g/mol. The predicted molar refractivity (Wildman–Crippen MR) is 141 cm³/mol. The first-order valence-corrected chi connectivity index (χ1v) is 12.1. The summed E-state index contributed by atoms with van der Waals surface area (Å²) < 4.78 is 5.14. The molecule has 0 atom stereocenters. The Morgan fingerprint density at radius 2 is 1.53 bits per heavy atom. The number of amides is 3. The van der Waals surface area contributed by atoms with Gasteiger partial charge in [-0.15, -0.1) is 0 Å². The molecular formula is C26H32N4O5S. The molecule has 0 aliphatic carbocycles. The van der Waals surface area contributed by atoms with Gasteiger partial charge in [-0.1, -0.05) is 42.5 Å². The van der Waals surface area contributed by atoms with Gasteiger partial charge in [-0.2, -0.15) is 0 Å². The van der Waals surface area contributed by atoms with Crippen LogP contribution in [0, 0.1) is 13.8 Å². The topological polar surface area (TPSA) is 126 Å². The van der Waals surface area contributed by atoms with E-state index >= 15 is 0 Å². The van der Waals surface area contributed by atoms with E-state index in [2.05, 4.69) is 21.5 Å². The average Bonchev–Trinajstić information content (AvgIpc) is 2.85. The first-order valence-electron chi connectivity index (χ1n) is 11.7. The van der Waals surface area contributed by atoms with Crippen molar-refractivity contribution in [3.8, 4) is 0 Å². The van der Waals surface area contributed by atoms with Crippen LogP contribution in [0.5, 0.6) is 0 Å². The summed E-state index contributed by atoms with van der Waals surface area (Å²) in [4.78, 5) is 47.8. The number of benzene rings is 2. The van der Waals surface area contributed by atoms with Gasteiger partial charge in [-0.3, -0.25) is 30.0 Å². The summed E-state index contributed by atoms with van der Waals surface area (Å²) in [7, 11) is 0. The summed E-state index contributed by atoms with van der Waals surface area (Å²) in [5.41, 5.74) is 8.55. The number of esters is 1. The molecule has 0 unspecified atom stereocenters. The molecule has 0 spiro atoms. The second-order valence-corrected chi connectivity index (χ2v) is 8.63. The Morgan fingerprint density at radius 1 is 0.833 bits per heavy atom. The first kappa shape index (κ1) is 28.4. The van der Waals surface area contributed by atoms with E-state index < -0.39 is 17.8 Å². The van der Waals surface area contributed by atoms with Crippen molar-refractivity contribution in [3.05, 3.63) is 65.2 Å². The molecule has 0 radical (unpaired) electrons. The van der Waals surface area contributed by atoms with Crippen LogP contribution >= 0.6 is 12.2 Å². The zero-order chi connectivity index (χ0) is 26.3. The highest BCUT2D eigenvalue weighted by atomic mass is 32.1. The molecule has 36 heavy (non-hydrogen) atoms. The van der Waals surface area contributed by atoms with Gasteiger partial charge in [0.1, 0.15) is 0 Å². The third-order valence-corrected chi connectivity index (χ3v) is 5.29. The van der Waals surface area contributed by atoms with Gasteiger partial charge in [0.05, 0.1) is 13.0 Å². The van der Waals surface area contributed by atoms with Gasteiger partial charge in [0, 0.05) is 24.9 Å². The second kappa shape index (κ2) is 15.3. The van der Waals surface area contributed by atoms with Crippen molar-refractivity contribution in [2.24, 2.45) is 0 Å². The van der Waals surface area contributed by atoms with Crippen molar-refractivity contribution in [3.63, 3.8) is 0 Å². The van der Waals surface area contributed by atoms with E-state index in [4.69, 9.17) is 17.0 Å². The lowest BCUT2D eigenvalue weighted by Gasteiger charge is -2.11. The molecule has 0 heterocycles. The Kier molecular flexibility index (Phi) is 12.1. The minimum atomic E-state index is -0.490. The smallest absolute Gasteiger partial charge is 0.306 e. The molecule has 0 bridgehead atoms. The molecule has 0 aromatic heterocycles. The number of aryl methyl sites for hydroxylation is 3. The third kappa shape index (κ3) is 11.6. The standard InChI is InChI=1S/C26H32N4O5S/c1-18-10-11-19(2)21(17-18)27-22(31)12-13-24(33)29-30-26(36)28-23(32)14-15-25(34)35-16-6-9-20-7-4-3-5-8-20/h3-5,7-8,10-11,17H,6,9,12-16H2,1-2H3,(H,27,31)(H,29,33)(H2,28,30,32,36). The van der Waals surface area contributed by atoms with Gasteiger partial charge in [0.25, 0.3) is 0 Å². The van der Waals surface area contributed by atoms with Crippen molar-refractivity contribution in [1.29, 1.82) is 0 Å². The summed E-state index contributed by atoms with van der Waals surface area (Å²) in [6.07, 6.45) is 1.22. The fraction of sp³-hybridized carbons (Fsp3) is 0.346. The number of carbonyl (C=O) groups is 4. The van der Waals surface area contributed by atoms with Crippen LogP contribution in [0.4, 0.5) is 5.69 Å². The van der Waals surface area contributed by atoms with E-state index in [0.29, 0.717) is 12.1 Å². The molecule has 0 saturated heterocycles. The molecule has 9 nitrogen and oxygen atoms in total. The number of nitrogens with one attached hydrogen (secondary N) is 4. The van der Waals surface area contributed by atoms with Crippen LogP contribution in [0.15, 0.2) is 48.5 Å². The Labute approximate surface area is 216 Å². The third-order valence-electron chi connectivity index (χ3n) is 5.09. The van der Waals surface area contributed by atoms with Crippen molar-refractivity contribution in [2.45, 2.75) is 52.4 Å². The zero-order valence-corrected chi connectivity index (χ0v) is 21.3. The molecule has 0 aliphatic rings. The molecule has 4 N–H and O–H groups in total. The van der Waals surface area contributed by atoms with Gasteiger partial charge < -0.3 is 15.4 Å². The molecule has 10 heteroatoms. The molecule has 0 saturated carbocycles. The maximum absolute atomic E-state index is 12.1. The molecule has 2 aromatic rings. The number of carbonyl (C=O) groups excluding carboxylic acids is 4. The minimum Gasteiger partial charge on any atom is -0.466 e. The molecule has 0 fully saturated rings. The highest BCUT2D eigenvalue weighted by Crippen LogP contribution is 2.16. The number of hydrazine groups is 1. The van der Waals surface area contributed by atoms with E-state index in [0.717, 1.165) is 17.5 Å². The average molecular weight is 513 g/mol. The number of anilines is 1. The van der Waals surface area contributed by atoms with Crippen molar-refractivity contribution >= 4 is 46.7 Å². The van der Waals surface area contributed by atoms with Crippen LogP contribution in [-0.4, -0.2) is 35.4 Å². The molecule has 0 aliphatic heterocycles. The van der Waals surface area contributed by atoms with Gasteiger partial charge in [-0.25, -0.2) is 0 Å². The Bertz CT molecular complexity index is 1080. The van der Waals surface area contributed by atoms with Crippen molar-refractivity contribution in [2.75, 3.05) is 11.9 Å². The lowest BCUT2D eigenvalue weighted by molar-refractivity contribution is -0.145. The molecular weight excluding hydrogens is 480 g/mol. The number of ether oxygens (including phenoxy) is 1. The highest BCUT2D eigenvalue weighted by molar-refractivity contribution is 7.80. The van der Waals surface area contributed by atoms with Crippen LogP contribution in [0.1, 0.15) is 48.8 Å². The SMILES string of the molecule is Cc1ccc(C)c(NC(=O)CCC(=O)NNC(=S)NC(=O)CCC(=O)OCCCc2ccccc2)c1. The predicted octanol–water partition coefficient (Wildman–Crippen LogP) is 3.00. The van der Waals surface area contributed by atoms with Crippen LogP contribution in [-0.2, 0) is 30.3 Å². The van der Waals surface area contributed by atoms with Gasteiger partial charge in [0.15, 0.2) is 5.11 Å². The summed E-state index contributed by atoms with van der Waals surface area (Å²) in [6.45, 7) is 4.09. The molecule has 2 aromatic carbocycles. The van der Waals surface area contributed by atoms with Crippen LogP contribution < -0.4 is 21.5 Å². The normalized spacial score (nSPS) is 10.2. The Morgan fingerprint density at radius 3 is 2.28 bits per heavy atom. The number of hydrogen-bond acceptors (Lipinski definition) is 6. The number of hydrogen-bond donors (Lipinski definition) is 4. The summed E-state index contributed by atoms with van der Waals surface area (Å²) in [5, 5.41) is 5.03. The number of thiocarbonyl (C=S) groups is 1. The quantitative estimate of drug-likeness (QED) is 0.158. The van der Waals surface area contributed by atoms with Gasteiger partial charge >= 0.3 is 5.97 Å². The maximum Gasteiger partial charge on any atom is 0.306 e. The minimum absolute atomic E-state index is 0.0204. The zero-order valence-electron chi connectivity index (χ0n) is 20.5. The molecule has 3 amide bonds. The van der Waals surface area contributed by atoms with E-state index in [1.807, 2.05) is 62.4 Å².